The van der Waals surface area contributed by atoms with E-state index in [9.17, 15) is 15.2 Å². The average Bonchev–Trinajstić information content (AvgIpc) is 2.18. The number of halogens is 1. The Morgan fingerprint density at radius 3 is 2.75 bits per heavy atom. The van der Waals surface area contributed by atoms with E-state index >= 15 is 0 Å². The number of rotatable bonds is 4. The van der Waals surface area contributed by atoms with E-state index in [1.54, 1.807) is 12.1 Å². The van der Waals surface area contributed by atoms with Gasteiger partial charge in [-0.2, -0.15) is 0 Å². The van der Waals surface area contributed by atoms with Gasteiger partial charge in [0.05, 0.1) is 4.92 Å². The molecule has 0 bridgehead atoms. The molecule has 0 radical (unpaired) electrons. The lowest BCUT2D eigenvalue weighted by atomic mass is 10.0. The minimum Gasteiger partial charge on any atom is -0.502 e. The van der Waals surface area contributed by atoms with Gasteiger partial charge in [-0.05, 0) is 18.1 Å². The maximum absolute atomic E-state index is 10.5. The highest BCUT2D eigenvalue weighted by molar-refractivity contribution is 5.85. The predicted octanol–water partition coefficient (Wildman–Crippen LogP) is 2.30. The standard InChI is InChI=1S/C10H12N2O3.ClH/c1-2-3-8(11)7-4-5-10(13)9(6-7)12(14)15;/h2,4-6,8,13H,1,3,11H2;1H/t8-;/m1./s1. The number of hydrogen-bond acceptors (Lipinski definition) is 4. The number of nitrogens with two attached hydrogens (primary N) is 1. The SMILES string of the molecule is C=CC[C@@H](N)c1ccc(O)c([N+](=O)[O-])c1.Cl. The van der Waals surface area contributed by atoms with Crippen molar-refractivity contribution in [1.29, 1.82) is 0 Å². The Hall–Kier alpha value is -1.59. The van der Waals surface area contributed by atoms with Crippen LogP contribution in [-0.2, 0) is 0 Å². The molecule has 5 nitrogen and oxygen atoms in total. The van der Waals surface area contributed by atoms with Crippen LogP contribution in [0.1, 0.15) is 18.0 Å². The summed E-state index contributed by atoms with van der Waals surface area (Å²) in [7, 11) is 0. The Bertz CT molecular complexity index is 396. The molecule has 16 heavy (non-hydrogen) atoms. The third kappa shape index (κ3) is 3.22. The van der Waals surface area contributed by atoms with Gasteiger partial charge >= 0.3 is 5.69 Å². The molecular weight excluding hydrogens is 232 g/mol. The van der Waals surface area contributed by atoms with Crippen molar-refractivity contribution in [3.63, 3.8) is 0 Å². The largest absolute Gasteiger partial charge is 0.502 e. The van der Waals surface area contributed by atoms with Crippen LogP contribution >= 0.6 is 12.4 Å². The molecule has 0 unspecified atom stereocenters. The Labute approximate surface area is 99.1 Å². The molecule has 0 saturated heterocycles. The van der Waals surface area contributed by atoms with Crippen molar-refractivity contribution >= 4 is 18.1 Å². The molecule has 88 valence electrons. The monoisotopic (exact) mass is 244 g/mol. The maximum Gasteiger partial charge on any atom is 0.311 e. The third-order valence-corrected chi connectivity index (χ3v) is 2.04. The first-order valence-corrected chi connectivity index (χ1v) is 4.40. The summed E-state index contributed by atoms with van der Waals surface area (Å²) in [5.74, 6) is -0.352. The summed E-state index contributed by atoms with van der Waals surface area (Å²) in [6.45, 7) is 3.54. The number of nitrogens with zero attached hydrogens (tertiary/aromatic N) is 1. The van der Waals surface area contributed by atoms with Crippen LogP contribution in [0.3, 0.4) is 0 Å². The van der Waals surface area contributed by atoms with E-state index in [0.717, 1.165) is 0 Å². The first-order chi connectivity index (χ1) is 7.06. The van der Waals surface area contributed by atoms with E-state index in [1.165, 1.54) is 12.1 Å². The summed E-state index contributed by atoms with van der Waals surface area (Å²) in [6.07, 6.45) is 2.17. The molecule has 0 aliphatic carbocycles. The summed E-state index contributed by atoms with van der Waals surface area (Å²) in [5, 5.41) is 19.8. The van der Waals surface area contributed by atoms with E-state index in [2.05, 4.69) is 6.58 Å². The van der Waals surface area contributed by atoms with E-state index in [0.29, 0.717) is 12.0 Å². The molecule has 0 aliphatic rings. The van der Waals surface area contributed by atoms with Crippen LogP contribution in [0.5, 0.6) is 5.75 Å². The first kappa shape index (κ1) is 14.4. The summed E-state index contributed by atoms with van der Waals surface area (Å²) >= 11 is 0. The molecule has 1 aromatic carbocycles. The Morgan fingerprint density at radius 2 is 2.25 bits per heavy atom. The van der Waals surface area contributed by atoms with E-state index in [-0.39, 0.29) is 29.9 Å². The molecule has 3 N–H and O–H groups in total. The molecule has 1 aromatic rings. The fourth-order valence-electron chi connectivity index (χ4n) is 1.23. The average molecular weight is 245 g/mol. The van der Waals surface area contributed by atoms with Gasteiger partial charge in [0.1, 0.15) is 0 Å². The molecule has 0 spiro atoms. The van der Waals surface area contributed by atoms with Crippen LogP contribution in [0.25, 0.3) is 0 Å². The van der Waals surface area contributed by atoms with Gasteiger partial charge in [-0.3, -0.25) is 10.1 Å². The van der Waals surface area contributed by atoms with Crippen molar-refractivity contribution in [3.05, 3.63) is 46.5 Å². The Morgan fingerprint density at radius 1 is 1.62 bits per heavy atom. The Balaban J connectivity index is 0.00000225. The van der Waals surface area contributed by atoms with Crippen LogP contribution in [-0.4, -0.2) is 10.0 Å². The second-order valence-corrected chi connectivity index (χ2v) is 3.14. The summed E-state index contributed by atoms with van der Waals surface area (Å²) < 4.78 is 0. The molecule has 0 fully saturated rings. The van der Waals surface area contributed by atoms with Gasteiger partial charge in [0, 0.05) is 12.1 Å². The normalized spacial score (nSPS) is 11.3. The van der Waals surface area contributed by atoms with Gasteiger partial charge in [0.15, 0.2) is 5.75 Å². The first-order valence-electron chi connectivity index (χ1n) is 4.40. The van der Waals surface area contributed by atoms with Gasteiger partial charge in [0.25, 0.3) is 0 Å². The molecule has 0 amide bonds. The number of nitro benzene ring substituents is 1. The highest BCUT2D eigenvalue weighted by Gasteiger charge is 2.15. The zero-order valence-corrected chi connectivity index (χ0v) is 9.31. The molecule has 0 saturated carbocycles. The van der Waals surface area contributed by atoms with Gasteiger partial charge in [-0.1, -0.05) is 12.1 Å². The van der Waals surface area contributed by atoms with E-state index in [4.69, 9.17) is 5.73 Å². The molecule has 6 heteroatoms. The molecule has 1 atom stereocenters. The molecule has 1 rings (SSSR count). The second kappa shape index (κ2) is 6.09. The lowest BCUT2D eigenvalue weighted by Gasteiger charge is -2.09. The van der Waals surface area contributed by atoms with E-state index in [1.807, 2.05) is 0 Å². The van der Waals surface area contributed by atoms with Gasteiger partial charge in [-0.25, -0.2) is 0 Å². The zero-order chi connectivity index (χ0) is 11.4. The quantitative estimate of drug-likeness (QED) is 0.483. The molecule has 0 heterocycles. The highest BCUT2D eigenvalue weighted by atomic mass is 35.5. The number of phenols is 1. The van der Waals surface area contributed by atoms with Crippen LogP contribution in [0.15, 0.2) is 30.9 Å². The topological polar surface area (TPSA) is 89.4 Å². The summed E-state index contributed by atoms with van der Waals surface area (Å²) in [6, 6.07) is 3.79. The lowest BCUT2D eigenvalue weighted by Crippen LogP contribution is -2.09. The molecule has 0 aromatic heterocycles. The van der Waals surface area contributed by atoms with Crippen molar-refractivity contribution in [2.75, 3.05) is 0 Å². The van der Waals surface area contributed by atoms with Crippen LogP contribution in [0.4, 0.5) is 5.69 Å². The zero-order valence-electron chi connectivity index (χ0n) is 8.50. The maximum atomic E-state index is 10.5. The minimum atomic E-state index is -0.639. The number of hydrogen-bond donors (Lipinski definition) is 2. The molecule has 0 aliphatic heterocycles. The van der Waals surface area contributed by atoms with Gasteiger partial charge in [0.2, 0.25) is 0 Å². The fourth-order valence-corrected chi connectivity index (χ4v) is 1.23. The van der Waals surface area contributed by atoms with Crippen molar-refractivity contribution in [3.8, 4) is 5.75 Å². The highest BCUT2D eigenvalue weighted by Crippen LogP contribution is 2.28. The van der Waals surface area contributed by atoms with Crippen molar-refractivity contribution in [1.82, 2.24) is 0 Å². The summed E-state index contributed by atoms with van der Waals surface area (Å²) in [5.41, 5.74) is 6.03. The predicted molar refractivity (Wildman–Crippen MR) is 63.8 cm³/mol. The second-order valence-electron chi connectivity index (χ2n) is 3.14. The molecular formula is C10H13ClN2O3. The van der Waals surface area contributed by atoms with Crippen LogP contribution in [0, 0.1) is 10.1 Å². The van der Waals surface area contributed by atoms with Crippen molar-refractivity contribution in [2.24, 2.45) is 5.73 Å². The number of aromatic hydroxyl groups is 1. The number of benzene rings is 1. The van der Waals surface area contributed by atoms with Gasteiger partial charge in [-0.15, -0.1) is 19.0 Å². The van der Waals surface area contributed by atoms with Crippen molar-refractivity contribution in [2.45, 2.75) is 12.5 Å². The number of phenolic OH excluding ortho intramolecular Hbond substituents is 1. The summed E-state index contributed by atoms with van der Waals surface area (Å²) in [4.78, 5) is 9.90. The smallest absolute Gasteiger partial charge is 0.311 e. The Kier molecular flexibility index (Phi) is 5.49. The van der Waals surface area contributed by atoms with Crippen LogP contribution in [0.2, 0.25) is 0 Å². The van der Waals surface area contributed by atoms with Crippen molar-refractivity contribution < 1.29 is 10.0 Å². The minimum absolute atomic E-state index is 0. The van der Waals surface area contributed by atoms with Crippen LogP contribution < -0.4 is 5.73 Å². The van der Waals surface area contributed by atoms with E-state index < -0.39 is 4.92 Å². The van der Waals surface area contributed by atoms with Gasteiger partial charge < -0.3 is 10.8 Å². The number of nitro groups is 1. The lowest BCUT2D eigenvalue weighted by molar-refractivity contribution is -0.385. The third-order valence-electron chi connectivity index (χ3n) is 2.04. The fraction of sp³-hybridized carbons (Fsp3) is 0.200.